The number of aryl methyl sites for hydroxylation is 1. The zero-order valence-electron chi connectivity index (χ0n) is 14.5. The van der Waals surface area contributed by atoms with Crippen LogP contribution in [0.3, 0.4) is 0 Å². The number of hydrogen-bond donors (Lipinski definition) is 1. The molecule has 0 saturated carbocycles. The summed E-state index contributed by atoms with van der Waals surface area (Å²) in [5.74, 6) is -0.306. The van der Waals surface area contributed by atoms with Crippen molar-refractivity contribution in [3.8, 4) is 0 Å². The molecule has 0 fully saturated rings. The van der Waals surface area contributed by atoms with E-state index in [1.807, 2.05) is 18.2 Å². The third-order valence-corrected chi connectivity index (χ3v) is 6.18. The quantitative estimate of drug-likeness (QED) is 0.780. The van der Waals surface area contributed by atoms with Crippen LogP contribution < -0.4 is 9.62 Å². The van der Waals surface area contributed by atoms with E-state index in [9.17, 15) is 13.2 Å². The molecule has 1 aliphatic carbocycles. The Morgan fingerprint density at radius 1 is 1.19 bits per heavy atom. The van der Waals surface area contributed by atoms with Crippen LogP contribution in [0.4, 0.5) is 5.69 Å². The molecule has 3 rings (SSSR count). The molecule has 0 heterocycles. The van der Waals surface area contributed by atoms with E-state index in [0.29, 0.717) is 5.69 Å². The maximum absolute atomic E-state index is 12.6. The molecule has 1 atom stereocenters. The minimum absolute atomic E-state index is 0.0706. The van der Waals surface area contributed by atoms with E-state index in [2.05, 4.69) is 27.3 Å². The van der Waals surface area contributed by atoms with Gasteiger partial charge in [-0.05, 0) is 54.7 Å². The molecule has 1 amide bonds. The van der Waals surface area contributed by atoms with Gasteiger partial charge in [-0.3, -0.25) is 9.10 Å². The van der Waals surface area contributed by atoms with Gasteiger partial charge in [-0.2, -0.15) is 0 Å². The monoisotopic (exact) mass is 436 g/mol. The summed E-state index contributed by atoms with van der Waals surface area (Å²) in [6.07, 6.45) is 3.99. The van der Waals surface area contributed by atoms with Crippen LogP contribution in [0.15, 0.2) is 53.0 Å². The van der Waals surface area contributed by atoms with Crippen LogP contribution in [-0.4, -0.2) is 27.1 Å². The second-order valence-electron chi connectivity index (χ2n) is 6.46. The smallest absolute Gasteiger partial charge is 0.241 e. The van der Waals surface area contributed by atoms with Crippen molar-refractivity contribution in [2.24, 2.45) is 0 Å². The lowest BCUT2D eigenvalue weighted by Gasteiger charge is -2.28. The topological polar surface area (TPSA) is 66.5 Å². The minimum atomic E-state index is -3.57. The van der Waals surface area contributed by atoms with Crippen LogP contribution in [0, 0.1) is 0 Å². The van der Waals surface area contributed by atoms with Crippen LogP contribution in [-0.2, 0) is 21.2 Å². The van der Waals surface area contributed by atoms with Gasteiger partial charge in [0.15, 0.2) is 0 Å². The fraction of sp³-hybridized carbons (Fsp3) is 0.316. The number of hydrogen-bond acceptors (Lipinski definition) is 3. The number of anilines is 1. The van der Waals surface area contributed by atoms with Crippen molar-refractivity contribution >= 4 is 37.5 Å². The molecular weight excluding hydrogens is 416 g/mol. The molecule has 5 nitrogen and oxygen atoms in total. The van der Waals surface area contributed by atoms with Crippen LogP contribution in [0.25, 0.3) is 0 Å². The van der Waals surface area contributed by atoms with Gasteiger partial charge >= 0.3 is 0 Å². The lowest BCUT2D eigenvalue weighted by molar-refractivity contribution is -0.120. The van der Waals surface area contributed by atoms with Gasteiger partial charge < -0.3 is 5.32 Å². The maximum atomic E-state index is 12.6. The number of benzene rings is 2. The molecule has 138 valence electrons. The van der Waals surface area contributed by atoms with Crippen molar-refractivity contribution in [1.82, 2.24) is 5.32 Å². The Bertz CT molecular complexity index is 897. The number of nitrogens with zero attached hydrogens (tertiary/aromatic N) is 1. The Morgan fingerprint density at radius 3 is 2.58 bits per heavy atom. The molecule has 0 aliphatic heterocycles. The average Bonchev–Trinajstić information content (AvgIpc) is 2.60. The van der Waals surface area contributed by atoms with E-state index in [1.165, 1.54) is 5.56 Å². The lowest BCUT2D eigenvalue weighted by Crippen LogP contribution is -2.42. The van der Waals surface area contributed by atoms with E-state index in [0.717, 1.165) is 39.9 Å². The molecule has 0 spiro atoms. The molecule has 0 aromatic heterocycles. The van der Waals surface area contributed by atoms with Crippen molar-refractivity contribution in [1.29, 1.82) is 0 Å². The molecule has 2 aromatic rings. The first-order valence-corrected chi connectivity index (χ1v) is 11.1. The van der Waals surface area contributed by atoms with Gasteiger partial charge in [-0.15, -0.1) is 0 Å². The first-order valence-electron chi connectivity index (χ1n) is 8.45. The largest absolute Gasteiger partial charge is 0.348 e. The number of nitrogens with one attached hydrogen (secondary N) is 1. The van der Waals surface area contributed by atoms with Gasteiger partial charge in [-0.25, -0.2) is 8.42 Å². The molecule has 1 aliphatic rings. The SMILES string of the molecule is CS(=O)(=O)N(CC(=O)NC1CCCc2ccccc21)c1ccc(Br)cc1. The Balaban J connectivity index is 1.76. The van der Waals surface area contributed by atoms with Crippen LogP contribution in [0.5, 0.6) is 0 Å². The van der Waals surface area contributed by atoms with Crippen molar-refractivity contribution in [2.45, 2.75) is 25.3 Å². The maximum Gasteiger partial charge on any atom is 0.241 e. The molecular formula is C19H21BrN2O3S. The van der Waals surface area contributed by atoms with Gasteiger partial charge in [0.25, 0.3) is 0 Å². The lowest BCUT2D eigenvalue weighted by atomic mass is 9.88. The number of carbonyl (C=O) groups is 1. The standard InChI is InChI=1S/C19H21BrN2O3S/c1-26(24,25)22(16-11-9-15(20)10-12-16)13-19(23)21-18-8-4-6-14-5-2-3-7-17(14)18/h2-3,5,7,9-12,18H,4,6,8,13H2,1H3,(H,21,23). The van der Waals surface area contributed by atoms with Crippen LogP contribution in [0.2, 0.25) is 0 Å². The molecule has 1 N–H and O–H groups in total. The first kappa shape index (κ1) is 18.9. The normalized spacial score (nSPS) is 16.6. The predicted molar refractivity (Wildman–Crippen MR) is 107 cm³/mol. The molecule has 2 aromatic carbocycles. The Hall–Kier alpha value is -1.86. The average molecular weight is 437 g/mol. The van der Waals surface area contributed by atoms with Crippen molar-refractivity contribution in [3.63, 3.8) is 0 Å². The second kappa shape index (κ2) is 7.80. The first-order chi connectivity index (χ1) is 12.3. The van der Waals surface area contributed by atoms with Crippen molar-refractivity contribution in [2.75, 3.05) is 17.1 Å². The minimum Gasteiger partial charge on any atom is -0.348 e. The van der Waals surface area contributed by atoms with Gasteiger partial charge in [0.2, 0.25) is 15.9 Å². The summed E-state index contributed by atoms with van der Waals surface area (Å²) in [4.78, 5) is 12.6. The zero-order valence-corrected chi connectivity index (χ0v) is 16.9. The number of amides is 1. The summed E-state index contributed by atoms with van der Waals surface area (Å²) in [6, 6.07) is 14.9. The van der Waals surface area contributed by atoms with E-state index >= 15 is 0 Å². The molecule has 7 heteroatoms. The predicted octanol–water partition coefficient (Wildman–Crippen LogP) is 3.41. The second-order valence-corrected chi connectivity index (χ2v) is 9.28. The van der Waals surface area contributed by atoms with E-state index in [-0.39, 0.29) is 18.5 Å². The number of fused-ring (bicyclic) bond motifs is 1. The number of rotatable bonds is 5. The summed E-state index contributed by atoms with van der Waals surface area (Å²) in [5, 5.41) is 3.00. The molecule has 1 unspecified atom stereocenters. The van der Waals surface area contributed by atoms with Gasteiger partial charge in [-0.1, -0.05) is 40.2 Å². The van der Waals surface area contributed by atoms with E-state index < -0.39 is 10.0 Å². The summed E-state index contributed by atoms with van der Waals surface area (Å²) >= 11 is 3.33. The zero-order chi connectivity index (χ0) is 18.7. The van der Waals surface area contributed by atoms with Gasteiger partial charge in [0, 0.05) is 4.47 Å². The molecule has 0 saturated heterocycles. The van der Waals surface area contributed by atoms with Crippen LogP contribution >= 0.6 is 15.9 Å². The highest BCUT2D eigenvalue weighted by Gasteiger charge is 2.25. The molecule has 26 heavy (non-hydrogen) atoms. The van der Waals surface area contributed by atoms with Crippen molar-refractivity contribution in [3.05, 3.63) is 64.1 Å². The molecule has 0 radical (unpaired) electrons. The summed E-state index contributed by atoms with van der Waals surface area (Å²) in [5.41, 5.74) is 2.84. The number of halogens is 1. The third kappa shape index (κ3) is 4.45. The highest BCUT2D eigenvalue weighted by atomic mass is 79.9. The fourth-order valence-electron chi connectivity index (χ4n) is 3.28. The van der Waals surface area contributed by atoms with Crippen molar-refractivity contribution < 1.29 is 13.2 Å². The summed E-state index contributed by atoms with van der Waals surface area (Å²) < 4.78 is 26.3. The summed E-state index contributed by atoms with van der Waals surface area (Å²) in [6.45, 7) is -0.237. The molecule has 0 bridgehead atoms. The van der Waals surface area contributed by atoms with Crippen LogP contribution in [0.1, 0.15) is 30.0 Å². The number of sulfonamides is 1. The van der Waals surface area contributed by atoms with Gasteiger partial charge in [0.1, 0.15) is 6.54 Å². The Labute approximate surface area is 162 Å². The Kier molecular flexibility index (Phi) is 5.67. The Morgan fingerprint density at radius 2 is 1.88 bits per heavy atom. The summed E-state index contributed by atoms with van der Waals surface area (Å²) in [7, 11) is -3.57. The fourth-order valence-corrected chi connectivity index (χ4v) is 4.40. The van der Waals surface area contributed by atoms with E-state index in [4.69, 9.17) is 0 Å². The van der Waals surface area contributed by atoms with Gasteiger partial charge in [0.05, 0.1) is 18.0 Å². The van der Waals surface area contributed by atoms with E-state index in [1.54, 1.807) is 24.3 Å². The highest BCUT2D eigenvalue weighted by molar-refractivity contribution is 9.10. The highest BCUT2D eigenvalue weighted by Crippen LogP contribution is 2.29. The third-order valence-electron chi connectivity index (χ3n) is 4.51. The number of carbonyl (C=O) groups excluding carboxylic acids is 1.